The molecule has 0 radical (unpaired) electrons. The van der Waals surface area contributed by atoms with Crippen molar-refractivity contribution in [1.29, 1.82) is 0 Å². The Morgan fingerprint density at radius 2 is 1.97 bits per heavy atom. The first-order valence-corrected chi connectivity index (χ1v) is 11.3. The summed E-state index contributed by atoms with van der Waals surface area (Å²) in [5.74, 6) is 1.18. The van der Waals surface area contributed by atoms with Crippen molar-refractivity contribution in [2.45, 2.75) is 38.0 Å². The lowest BCUT2D eigenvalue weighted by Crippen LogP contribution is -2.27. The van der Waals surface area contributed by atoms with Crippen LogP contribution in [0, 0.1) is 0 Å². The van der Waals surface area contributed by atoms with Crippen molar-refractivity contribution in [3.63, 3.8) is 0 Å². The van der Waals surface area contributed by atoms with Crippen molar-refractivity contribution >= 4 is 39.5 Å². The monoisotopic (exact) mass is 453 g/mol. The molecule has 1 saturated carbocycles. The summed E-state index contributed by atoms with van der Waals surface area (Å²) in [6, 6.07) is 13.9. The van der Waals surface area contributed by atoms with Crippen molar-refractivity contribution in [3.05, 3.63) is 66.6 Å². The molecule has 10 heteroatoms. The summed E-state index contributed by atoms with van der Waals surface area (Å²) in [6.45, 7) is 0.515. The lowest BCUT2D eigenvalue weighted by atomic mass is 10.1. The van der Waals surface area contributed by atoms with E-state index in [4.69, 9.17) is 0 Å². The quantitative estimate of drug-likeness (QED) is 0.355. The van der Waals surface area contributed by atoms with Gasteiger partial charge in [-0.3, -0.25) is 4.98 Å². The van der Waals surface area contributed by atoms with E-state index >= 15 is 0 Å². The Morgan fingerprint density at radius 1 is 1.00 bits per heavy atom. The zero-order valence-corrected chi connectivity index (χ0v) is 18.3. The van der Waals surface area contributed by atoms with Gasteiger partial charge in [-0.2, -0.15) is 0 Å². The predicted octanol–water partition coefficient (Wildman–Crippen LogP) is 3.28. The molecule has 1 unspecified atom stereocenters. The number of aromatic nitrogens is 7. The molecule has 34 heavy (non-hydrogen) atoms. The Hall–Kier alpha value is -4.18. The minimum Gasteiger partial charge on any atom is -0.391 e. The fourth-order valence-electron chi connectivity index (χ4n) is 4.36. The highest BCUT2D eigenvalue weighted by Gasteiger charge is 2.24. The van der Waals surface area contributed by atoms with Crippen LogP contribution in [0.25, 0.3) is 22.2 Å². The molecule has 0 aliphatic heterocycles. The van der Waals surface area contributed by atoms with Gasteiger partial charge in [-0.25, -0.2) is 19.6 Å². The summed E-state index contributed by atoms with van der Waals surface area (Å²) in [7, 11) is 0. The van der Waals surface area contributed by atoms with Crippen molar-refractivity contribution in [2.75, 3.05) is 10.6 Å². The van der Waals surface area contributed by atoms with E-state index in [-0.39, 0.29) is 12.1 Å². The van der Waals surface area contributed by atoms with Gasteiger partial charge in [0.1, 0.15) is 5.82 Å². The topological polar surface area (TPSA) is 127 Å². The maximum absolute atomic E-state index is 10.1. The van der Waals surface area contributed by atoms with Crippen LogP contribution in [0.1, 0.15) is 24.8 Å². The van der Waals surface area contributed by atoms with E-state index in [1.54, 1.807) is 23.3 Å². The molecule has 0 saturated heterocycles. The number of nitrogens with zero attached hydrogens (tertiary/aromatic N) is 7. The van der Waals surface area contributed by atoms with Gasteiger partial charge in [0.25, 0.3) is 0 Å². The predicted molar refractivity (Wildman–Crippen MR) is 129 cm³/mol. The molecule has 1 aliphatic rings. The molecule has 1 aromatic carbocycles. The van der Waals surface area contributed by atoms with E-state index in [1.807, 2.05) is 36.4 Å². The van der Waals surface area contributed by atoms with Crippen molar-refractivity contribution in [2.24, 2.45) is 0 Å². The highest BCUT2D eigenvalue weighted by molar-refractivity contribution is 5.79. The molecule has 2 atom stereocenters. The number of nitrogens with one attached hydrogen (secondary N) is 2. The molecule has 5 aromatic rings. The largest absolute Gasteiger partial charge is 0.391 e. The molecule has 10 nitrogen and oxygen atoms in total. The Labute approximate surface area is 195 Å². The van der Waals surface area contributed by atoms with E-state index in [0.717, 1.165) is 41.4 Å². The first-order valence-electron chi connectivity index (χ1n) is 11.3. The molecule has 3 N–H and O–H groups in total. The van der Waals surface area contributed by atoms with Crippen molar-refractivity contribution in [3.8, 4) is 0 Å². The van der Waals surface area contributed by atoms with Gasteiger partial charge in [-0.15, -0.1) is 5.10 Å². The van der Waals surface area contributed by atoms with E-state index < -0.39 is 0 Å². The van der Waals surface area contributed by atoms with Gasteiger partial charge >= 0.3 is 0 Å². The lowest BCUT2D eigenvalue weighted by Gasteiger charge is -2.18. The van der Waals surface area contributed by atoms with Crippen LogP contribution in [-0.4, -0.2) is 52.2 Å². The molecule has 4 heterocycles. The first-order chi connectivity index (χ1) is 16.7. The fraction of sp³-hybridized carbons (Fsp3) is 0.250. The molecular weight excluding hydrogens is 430 g/mol. The van der Waals surface area contributed by atoms with E-state index in [2.05, 4.69) is 46.9 Å². The van der Waals surface area contributed by atoms with Crippen LogP contribution >= 0.6 is 0 Å². The molecule has 0 amide bonds. The standard InChI is InChI=1S/C24H23N9O/c34-20-5-1-4-19(20)28-17-8-10-26-21(12-17)29-22-13-27-23-24(30-22)33(32-31-23)14-15-6-7-18-16(11-15)3-2-9-25-18/h2-3,6-13,19-20,34H,1,4-5,14H2,(H2,26,28,29,30)/t19?,20-/m1/s1. The van der Waals surface area contributed by atoms with Crippen LogP contribution in [0.2, 0.25) is 0 Å². The summed E-state index contributed by atoms with van der Waals surface area (Å²) in [5.41, 5.74) is 3.98. The highest BCUT2D eigenvalue weighted by Crippen LogP contribution is 2.24. The van der Waals surface area contributed by atoms with E-state index in [9.17, 15) is 5.11 Å². The van der Waals surface area contributed by atoms with Crippen molar-refractivity contribution in [1.82, 2.24) is 34.9 Å². The normalized spacial score (nSPS) is 17.9. The average molecular weight is 454 g/mol. The zero-order valence-electron chi connectivity index (χ0n) is 18.3. The second-order valence-electron chi connectivity index (χ2n) is 8.48. The Kier molecular flexibility index (Phi) is 5.19. The minimum absolute atomic E-state index is 0.0673. The lowest BCUT2D eigenvalue weighted by molar-refractivity contribution is 0.172. The zero-order chi connectivity index (χ0) is 22.9. The fourth-order valence-corrected chi connectivity index (χ4v) is 4.36. The number of hydrogen-bond acceptors (Lipinski definition) is 9. The van der Waals surface area contributed by atoms with Crippen LogP contribution in [-0.2, 0) is 6.54 Å². The van der Waals surface area contributed by atoms with E-state index in [1.165, 1.54) is 0 Å². The maximum Gasteiger partial charge on any atom is 0.221 e. The van der Waals surface area contributed by atoms with Crippen LogP contribution in [0.15, 0.2) is 61.1 Å². The van der Waals surface area contributed by atoms with Gasteiger partial charge in [-0.05, 0) is 49.1 Å². The first kappa shape index (κ1) is 20.4. The number of aliphatic hydroxyl groups is 1. The summed E-state index contributed by atoms with van der Waals surface area (Å²) >= 11 is 0. The van der Waals surface area contributed by atoms with Crippen LogP contribution in [0.4, 0.5) is 17.3 Å². The van der Waals surface area contributed by atoms with Crippen LogP contribution < -0.4 is 10.6 Å². The third-order valence-corrected chi connectivity index (χ3v) is 6.07. The summed E-state index contributed by atoms with van der Waals surface area (Å²) < 4.78 is 1.73. The number of fused-ring (bicyclic) bond motifs is 2. The molecule has 6 rings (SSSR count). The van der Waals surface area contributed by atoms with Gasteiger partial charge in [0.15, 0.2) is 11.5 Å². The second kappa shape index (κ2) is 8.64. The Balaban J connectivity index is 1.23. The molecule has 1 fully saturated rings. The summed E-state index contributed by atoms with van der Waals surface area (Å²) in [5, 5.41) is 26.2. The number of aliphatic hydroxyl groups excluding tert-OH is 1. The number of pyridine rings is 2. The molecule has 4 aromatic heterocycles. The smallest absolute Gasteiger partial charge is 0.221 e. The molecule has 1 aliphatic carbocycles. The number of rotatable bonds is 6. The van der Waals surface area contributed by atoms with Gasteiger partial charge in [-0.1, -0.05) is 17.3 Å². The average Bonchev–Trinajstić information content (AvgIpc) is 3.45. The van der Waals surface area contributed by atoms with Gasteiger partial charge in [0.2, 0.25) is 5.65 Å². The van der Waals surface area contributed by atoms with Gasteiger partial charge in [0.05, 0.1) is 30.4 Å². The molecular formula is C24H23N9O. The number of benzene rings is 1. The summed E-state index contributed by atoms with van der Waals surface area (Å²) in [4.78, 5) is 17.8. The van der Waals surface area contributed by atoms with Gasteiger partial charge < -0.3 is 15.7 Å². The molecule has 0 bridgehead atoms. The Morgan fingerprint density at radius 3 is 2.88 bits per heavy atom. The molecule has 170 valence electrons. The number of anilines is 3. The molecule has 0 spiro atoms. The van der Waals surface area contributed by atoms with Crippen LogP contribution in [0.3, 0.4) is 0 Å². The van der Waals surface area contributed by atoms with E-state index in [0.29, 0.717) is 29.5 Å². The minimum atomic E-state index is -0.315. The SMILES string of the molecule is O[C@@H]1CCCC1Nc1ccnc(Nc2cnc3nnn(Cc4ccc5ncccc5c4)c3n2)c1. The number of hydrogen-bond donors (Lipinski definition) is 3. The second-order valence-corrected chi connectivity index (χ2v) is 8.48. The highest BCUT2D eigenvalue weighted by atomic mass is 16.3. The summed E-state index contributed by atoms with van der Waals surface area (Å²) in [6.07, 6.45) is 7.63. The van der Waals surface area contributed by atoms with Crippen molar-refractivity contribution < 1.29 is 5.11 Å². The third-order valence-electron chi connectivity index (χ3n) is 6.07. The Bertz CT molecular complexity index is 1470. The third kappa shape index (κ3) is 4.11. The van der Waals surface area contributed by atoms with Gasteiger partial charge in [0, 0.05) is 29.5 Å². The van der Waals surface area contributed by atoms with Crippen LogP contribution in [0.5, 0.6) is 0 Å². The maximum atomic E-state index is 10.1.